The molecule has 4 aliphatic heterocycles. The molecular formula is C53H47N7O11. The summed E-state index contributed by atoms with van der Waals surface area (Å²) in [4.78, 5) is 30.9. The highest BCUT2D eigenvalue weighted by atomic mass is 16.7. The molecule has 2 fully saturated rings. The predicted octanol–water partition coefficient (Wildman–Crippen LogP) is 4.51. The second-order valence-corrected chi connectivity index (χ2v) is 17.4. The zero-order chi connectivity index (χ0) is 48.8. The van der Waals surface area contributed by atoms with E-state index < -0.39 is 74.6 Å². The van der Waals surface area contributed by atoms with Gasteiger partial charge in [0.1, 0.15) is 54.6 Å². The Morgan fingerprint density at radius 3 is 1.31 bits per heavy atom. The van der Waals surface area contributed by atoms with Gasteiger partial charge in [-0.1, -0.05) is 12.1 Å². The molecule has 0 radical (unpaired) electrons. The molecule has 71 heavy (non-hydrogen) atoms. The van der Waals surface area contributed by atoms with Gasteiger partial charge in [0.25, 0.3) is 0 Å². The van der Waals surface area contributed by atoms with Crippen molar-refractivity contribution in [3.63, 3.8) is 0 Å². The van der Waals surface area contributed by atoms with Crippen molar-refractivity contribution in [1.82, 2.24) is 34.9 Å². The lowest BCUT2D eigenvalue weighted by atomic mass is 9.97. The van der Waals surface area contributed by atoms with Crippen molar-refractivity contribution in [2.45, 2.75) is 61.4 Å². The van der Waals surface area contributed by atoms with Crippen LogP contribution in [0.4, 0.5) is 0 Å². The van der Waals surface area contributed by atoms with Crippen LogP contribution in [0.2, 0.25) is 0 Å². The molecule has 0 saturated carbocycles. The molecule has 18 heteroatoms. The lowest BCUT2D eigenvalue weighted by Crippen LogP contribution is -2.65. The van der Waals surface area contributed by atoms with Gasteiger partial charge in [-0.3, -0.25) is 15.0 Å². The summed E-state index contributed by atoms with van der Waals surface area (Å²) in [6.45, 7) is -1.42. The monoisotopic (exact) mass is 957 g/mol. The fourth-order valence-electron chi connectivity index (χ4n) is 9.46. The highest BCUT2D eigenvalue weighted by Crippen LogP contribution is 2.39. The Labute approximate surface area is 404 Å². The molecule has 4 aliphatic rings. The predicted molar refractivity (Wildman–Crippen MR) is 261 cm³/mol. The number of hydrogen-bond acceptors (Lipinski definition) is 16. The molecule has 6 aromatic heterocycles. The van der Waals surface area contributed by atoms with Crippen LogP contribution in [0, 0.1) is 0 Å². The molecule has 18 nitrogen and oxygen atoms in total. The number of aromatic amines is 2. The average molecular weight is 958 g/mol. The first-order valence-electron chi connectivity index (χ1n) is 22.9. The van der Waals surface area contributed by atoms with E-state index in [1.165, 1.54) is 0 Å². The standard InChI is InChI=1S/C53H47N7O11/c61-25-40-46(63)47(64)49(66)53(69-40)71-51-41(26-62)70-52(50(67)48(51)65)68-31-3-1-27(2-4-31)42-32-5-7-34(57-32)43(28-13-19-54-20-14-28)36-9-11-38(59-36)45(30-17-23-56-24-18-30)39-12-10-37(60-39)44(29-15-21-55-22-16-29)35-8-6-33(42)58-35/h1-24,40-41,46-53,57-58,61-67H,25-26H2/t40-,41-,46-,47+,48-,49-,50-,51-,52-,53-/m1/s1. The van der Waals surface area contributed by atoms with E-state index in [0.717, 1.165) is 89.4 Å². The maximum atomic E-state index is 11.3. The fourth-order valence-corrected chi connectivity index (χ4v) is 9.46. The van der Waals surface area contributed by atoms with Gasteiger partial charge < -0.3 is 64.7 Å². The third-order valence-electron chi connectivity index (χ3n) is 13.0. The molecule has 11 rings (SSSR count). The molecule has 0 spiro atoms. The van der Waals surface area contributed by atoms with Crippen LogP contribution in [-0.2, 0) is 14.2 Å². The number of benzene rings is 1. The molecule has 1 aromatic carbocycles. The highest BCUT2D eigenvalue weighted by Gasteiger charge is 2.51. The Hall–Kier alpha value is -7.33. The number of H-pyrrole nitrogens is 2. The van der Waals surface area contributed by atoms with Crippen molar-refractivity contribution in [2.75, 3.05) is 13.2 Å². The summed E-state index contributed by atoms with van der Waals surface area (Å²) in [5, 5.41) is 73.5. The lowest BCUT2D eigenvalue weighted by molar-refractivity contribution is -0.352. The third kappa shape index (κ3) is 8.72. The SMILES string of the molecule is OC[C@H]1O[C@H](O[C@H]2[C@H](O)[C@@H](O)[C@H](Oc3ccc(-c4c5ccc([nH]5)c(-c5ccncc5)c5nc(c(-c6ccncc6)c6nc(c(-c7ccncc7)c7ccc4[nH]7)C=C6)C=C5)cc3)O[C@@H]2CO)[C@H](O)[C@@H](O)[C@@H]1O. The summed E-state index contributed by atoms with van der Waals surface area (Å²) >= 11 is 0. The van der Waals surface area contributed by atoms with Crippen LogP contribution in [0.15, 0.2) is 122 Å². The topological polar surface area (TPSA) is 275 Å². The van der Waals surface area contributed by atoms with Crippen LogP contribution in [-0.4, -0.2) is 145 Å². The summed E-state index contributed by atoms with van der Waals surface area (Å²) in [5.41, 5.74) is 12.9. The number of hydrogen-bond donors (Lipinski definition) is 9. The number of pyridine rings is 3. The van der Waals surface area contributed by atoms with Crippen LogP contribution < -0.4 is 4.74 Å². The van der Waals surface area contributed by atoms with Crippen LogP contribution in [0.1, 0.15) is 22.8 Å². The summed E-state index contributed by atoms with van der Waals surface area (Å²) in [7, 11) is 0. The quantitative estimate of drug-likeness (QED) is 0.0912. The molecular weight excluding hydrogens is 911 g/mol. The van der Waals surface area contributed by atoms with Gasteiger partial charge >= 0.3 is 0 Å². The number of nitrogens with one attached hydrogen (secondary N) is 2. The Morgan fingerprint density at radius 1 is 0.423 bits per heavy atom. The summed E-state index contributed by atoms with van der Waals surface area (Å²) < 4.78 is 23.2. The number of rotatable bonds is 10. The van der Waals surface area contributed by atoms with Crippen molar-refractivity contribution in [1.29, 1.82) is 0 Å². The number of ether oxygens (including phenoxy) is 4. The van der Waals surface area contributed by atoms with E-state index in [1.807, 2.05) is 97.1 Å². The zero-order valence-electron chi connectivity index (χ0n) is 37.5. The van der Waals surface area contributed by atoms with E-state index in [2.05, 4.69) is 24.9 Å². The van der Waals surface area contributed by atoms with E-state index in [0.29, 0.717) is 0 Å². The first-order chi connectivity index (χ1) is 34.7. The normalized spacial score (nSPS) is 25.1. The van der Waals surface area contributed by atoms with Gasteiger partial charge in [0.15, 0.2) is 6.29 Å². The first-order valence-corrected chi connectivity index (χ1v) is 22.9. The van der Waals surface area contributed by atoms with Crippen molar-refractivity contribution in [3.8, 4) is 50.3 Å². The Balaban J connectivity index is 1.01. The summed E-state index contributed by atoms with van der Waals surface area (Å²) in [6, 6.07) is 26.8. The Kier molecular flexibility index (Phi) is 12.6. The number of aliphatic hydroxyl groups is 7. The van der Waals surface area contributed by atoms with Gasteiger partial charge in [-0.2, -0.15) is 0 Å². The smallest absolute Gasteiger partial charge is 0.229 e. The minimum absolute atomic E-state index is 0.254. The molecule has 9 N–H and O–H groups in total. The minimum Gasteiger partial charge on any atom is -0.462 e. The van der Waals surface area contributed by atoms with Gasteiger partial charge in [-0.15, -0.1) is 0 Å². The van der Waals surface area contributed by atoms with Gasteiger partial charge in [0.2, 0.25) is 6.29 Å². The molecule has 10 heterocycles. The maximum absolute atomic E-state index is 11.3. The fraction of sp³-hybridized carbons (Fsp3) is 0.226. The van der Waals surface area contributed by atoms with E-state index in [-0.39, 0.29) is 5.75 Å². The first kappa shape index (κ1) is 46.1. The van der Waals surface area contributed by atoms with Crippen molar-refractivity contribution < 1.29 is 54.7 Å². The molecule has 10 atom stereocenters. The van der Waals surface area contributed by atoms with E-state index in [4.69, 9.17) is 28.9 Å². The molecule has 360 valence electrons. The number of fused-ring (bicyclic) bond motifs is 8. The van der Waals surface area contributed by atoms with E-state index in [1.54, 1.807) is 49.3 Å². The number of aliphatic hydroxyl groups excluding tert-OH is 7. The maximum Gasteiger partial charge on any atom is 0.229 e. The van der Waals surface area contributed by atoms with Gasteiger partial charge in [0.05, 0.1) is 36.0 Å². The molecule has 7 aromatic rings. The summed E-state index contributed by atoms with van der Waals surface area (Å²) in [6.07, 6.45) is 2.61. The molecule has 0 amide bonds. The van der Waals surface area contributed by atoms with Crippen LogP contribution in [0.25, 0.3) is 90.9 Å². The Bertz CT molecular complexity index is 3140. The van der Waals surface area contributed by atoms with Gasteiger partial charge in [-0.25, -0.2) is 9.97 Å². The highest BCUT2D eigenvalue weighted by molar-refractivity contribution is 6.00. The van der Waals surface area contributed by atoms with E-state index >= 15 is 0 Å². The molecule has 0 unspecified atom stereocenters. The van der Waals surface area contributed by atoms with E-state index in [9.17, 15) is 35.7 Å². The molecule has 8 bridgehead atoms. The van der Waals surface area contributed by atoms with Crippen LogP contribution in [0.5, 0.6) is 5.75 Å². The molecule has 2 saturated heterocycles. The van der Waals surface area contributed by atoms with Crippen LogP contribution >= 0.6 is 0 Å². The molecule has 0 aliphatic carbocycles. The van der Waals surface area contributed by atoms with Gasteiger partial charge in [-0.05, 0) is 119 Å². The Morgan fingerprint density at radius 2 is 0.831 bits per heavy atom. The van der Waals surface area contributed by atoms with Gasteiger partial charge in [0, 0.05) is 81.5 Å². The third-order valence-corrected chi connectivity index (χ3v) is 13.0. The summed E-state index contributed by atoms with van der Waals surface area (Å²) in [5.74, 6) is 0.254. The average Bonchev–Trinajstić information content (AvgIpc) is 4.26. The van der Waals surface area contributed by atoms with Crippen molar-refractivity contribution in [3.05, 3.63) is 145 Å². The number of aromatic nitrogens is 7. The lowest BCUT2D eigenvalue weighted by Gasteiger charge is -2.45. The second kappa shape index (κ2) is 19.5. The second-order valence-electron chi connectivity index (χ2n) is 17.4. The zero-order valence-corrected chi connectivity index (χ0v) is 37.5. The number of nitrogens with zero attached hydrogens (tertiary/aromatic N) is 5. The minimum atomic E-state index is -1.80. The van der Waals surface area contributed by atoms with Crippen molar-refractivity contribution >= 4 is 46.4 Å². The van der Waals surface area contributed by atoms with Crippen LogP contribution in [0.3, 0.4) is 0 Å². The van der Waals surface area contributed by atoms with Crippen molar-refractivity contribution in [2.24, 2.45) is 0 Å². The largest absolute Gasteiger partial charge is 0.462 e.